The Bertz CT molecular complexity index is 384. The Kier molecular flexibility index (Phi) is 3.05. The Morgan fingerprint density at radius 3 is 2.71 bits per heavy atom. The van der Waals surface area contributed by atoms with E-state index in [-0.39, 0.29) is 5.56 Å². The van der Waals surface area contributed by atoms with Crippen LogP contribution in [0.15, 0.2) is 12.1 Å². The molecule has 0 aliphatic heterocycles. The first kappa shape index (κ1) is 10.5. The number of methoxy groups -OCH3 is 1. The van der Waals surface area contributed by atoms with Crippen molar-refractivity contribution in [3.8, 4) is 11.8 Å². The minimum absolute atomic E-state index is 0.0515. The van der Waals surface area contributed by atoms with Crippen LogP contribution < -0.4 is 4.74 Å². The van der Waals surface area contributed by atoms with Gasteiger partial charge in [-0.05, 0) is 24.6 Å². The lowest BCUT2D eigenvalue weighted by atomic mass is 10.1. The number of aliphatic hydroxyl groups excluding tert-OH is 1. The number of nitrogens with zero attached hydrogens (tertiary/aromatic N) is 1. The summed E-state index contributed by atoms with van der Waals surface area (Å²) in [4.78, 5) is 0. The van der Waals surface area contributed by atoms with E-state index in [1.807, 2.05) is 0 Å². The van der Waals surface area contributed by atoms with Crippen LogP contribution in [0.25, 0.3) is 0 Å². The molecule has 0 fully saturated rings. The third kappa shape index (κ3) is 1.83. The van der Waals surface area contributed by atoms with Crippen molar-refractivity contribution in [2.45, 2.75) is 13.0 Å². The number of hydrogen-bond donors (Lipinski definition) is 1. The predicted molar refractivity (Wildman–Crippen MR) is 48.3 cm³/mol. The van der Waals surface area contributed by atoms with Crippen molar-refractivity contribution in [1.82, 2.24) is 0 Å². The lowest BCUT2D eigenvalue weighted by Crippen LogP contribution is -2.00. The van der Waals surface area contributed by atoms with Crippen LogP contribution in [0, 0.1) is 24.1 Å². The highest BCUT2D eigenvalue weighted by molar-refractivity contribution is 5.38. The highest BCUT2D eigenvalue weighted by Gasteiger charge is 2.15. The Labute approximate surface area is 81.4 Å². The van der Waals surface area contributed by atoms with E-state index >= 15 is 0 Å². The second-order valence-electron chi connectivity index (χ2n) is 2.88. The fourth-order valence-electron chi connectivity index (χ4n) is 1.15. The molecule has 4 heteroatoms. The number of aliphatic hydroxyl groups is 1. The fraction of sp³-hybridized carbons (Fsp3) is 0.300. The summed E-state index contributed by atoms with van der Waals surface area (Å²) in [7, 11) is 1.44. The van der Waals surface area contributed by atoms with Gasteiger partial charge in [0.1, 0.15) is 11.6 Å². The van der Waals surface area contributed by atoms with Crippen molar-refractivity contribution < 1.29 is 14.2 Å². The number of hydrogen-bond acceptors (Lipinski definition) is 3. The van der Waals surface area contributed by atoms with E-state index < -0.39 is 11.9 Å². The topological polar surface area (TPSA) is 53.2 Å². The maximum atomic E-state index is 13.4. The second-order valence-corrected chi connectivity index (χ2v) is 2.88. The van der Waals surface area contributed by atoms with Crippen LogP contribution in [0.3, 0.4) is 0 Å². The molecular weight excluding hydrogens is 185 g/mol. The molecule has 0 saturated carbocycles. The van der Waals surface area contributed by atoms with Gasteiger partial charge in [-0.15, -0.1) is 0 Å². The standard InChI is InChI=1S/C10H10FNO2/c1-6-3-7(14-2)4-8(10(6)11)9(13)5-12/h3-4,9,13H,1-2H3. The lowest BCUT2D eigenvalue weighted by Gasteiger charge is -2.09. The minimum Gasteiger partial charge on any atom is -0.497 e. The number of nitriles is 1. The molecule has 1 unspecified atom stereocenters. The Morgan fingerprint density at radius 1 is 1.57 bits per heavy atom. The Morgan fingerprint density at radius 2 is 2.21 bits per heavy atom. The molecule has 0 radical (unpaired) electrons. The zero-order chi connectivity index (χ0) is 10.7. The van der Waals surface area contributed by atoms with Crippen molar-refractivity contribution in [1.29, 1.82) is 5.26 Å². The average Bonchev–Trinajstić information content (AvgIpc) is 2.20. The highest BCUT2D eigenvalue weighted by atomic mass is 19.1. The van der Waals surface area contributed by atoms with E-state index in [1.165, 1.54) is 19.2 Å². The minimum atomic E-state index is -1.45. The van der Waals surface area contributed by atoms with Gasteiger partial charge in [-0.3, -0.25) is 0 Å². The molecule has 0 amide bonds. The van der Waals surface area contributed by atoms with Crippen LogP contribution in [0.5, 0.6) is 5.75 Å². The largest absolute Gasteiger partial charge is 0.497 e. The molecule has 0 aromatic heterocycles. The van der Waals surface area contributed by atoms with E-state index in [4.69, 9.17) is 10.00 Å². The summed E-state index contributed by atoms with van der Waals surface area (Å²) in [6.07, 6.45) is -1.45. The van der Waals surface area contributed by atoms with E-state index in [1.54, 1.807) is 13.0 Å². The SMILES string of the molecule is COc1cc(C)c(F)c(C(O)C#N)c1. The molecule has 1 atom stereocenters. The maximum Gasteiger partial charge on any atom is 0.168 e. The number of rotatable bonds is 2. The monoisotopic (exact) mass is 195 g/mol. The molecule has 1 N–H and O–H groups in total. The van der Waals surface area contributed by atoms with Gasteiger partial charge in [-0.25, -0.2) is 4.39 Å². The molecule has 74 valence electrons. The molecule has 1 aromatic rings. The number of benzene rings is 1. The first-order chi connectivity index (χ1) is 6.60. The molecule has 0 spiro atoms. The smallest absolute Gasteiger partial charge is 0.168 e. The van der Waals surface area contributed by atoms with Crippen LogP contribution in [-0.4, -0.2) is 12.2 Å². The van der Waals surface area contributed by atoms with Crippen molar-refractivity contribution in [2.75, 3.05) is 7.11 Å². The van der Waals surface area contributed by atoms with Gasteiger partial charge in [-0.2, -0.15) is 5.26 Å². The van der Waals surface area contributed by atoms with Crippen LogP contribution in [-0.2, 0) is 0 Å². The van der Waals surface area contributed by atoms with E-state index in [9.17, 15) is 9.50 Å². The summed E-state index contributed by atoms with van der Waals surface area (Å²) < 4.78 is 18.3. The summed E-state index contributed by atoms with van der Waals surface area (Å²) in [6.45, 7) is 1.55. The molecule has 0 aliphatic rings. The first-order valence-corrected chi connectivity index (χ1v) is 4.02. The number of halogens is 1. The summed E-state index contributed by atoms with van der Waals surface area (Å²) in [5, 5.41) is 17.7. The molecule has 0 aliphatic carbocycles. The molecule has 1 aromatic carbocycles. The third-order valence-corrected chi connectivity index (χ3v) is 1.91. The van der Waals surface area contributed by atoms with Gasteiger partial charge in [0.05, 0.1) is 13.2 Å². The quantitative estimate of drug-likeness (QED) is 0.731. The van der Waals surface area contributed by atoms with Crippen molar-refractivity contribution in [2.24, 2.45) is 0 Å². The molecular formula is C10H10FNO2. The highest BCUT2D eigenvalue weighted by Crippen LogP contribution is 2.25. The first-order valence-electron chi connectivity index (χ1n) is 4.02. The number of ether oxygens (including phenoxy) is 1. The predicted octanol–water partition coefficient (Wildman–Crippen LogP) is 1.70. The average molecular weight is 195 g/mol. The molecule has 0 saturated heterocycles. The van der Waals surface area contributed by atoms with Gasteiger partial charge in [0.15, 0.2) is 6.10 Å². The van der Waals surface area contributed by atoms with Crippen molar-refractivity contribution >= 4 is 0 Å². The zero-order valence-corrected chi connectivity index (χ0v) is 7.91. The van der Waals surface area contributed by atoms with Crippen LogP contribution in [0.4, 0.5) is 4.39 Å². The summed E-state index contributed by atoms with van der Waals surface area (Å²) in [5.41, 5.74) is 0.290. The van der Waals surface area contributed by atoms with E-state index in [0.717, 1.165) is 0 Å². The summed E-state index contributed by atoms with van der Waals surface area (Å²) in [5.74, 6) is -0.145. The van der Waals surface area contributed by atoms with Gasteiger partial charge in [0, 0.05) is 5.56 Å². The number of aryl methyl sites for hydroxylation is 1. The molecule has 14 heavy (non-hydrogen) atoms. The van der Waals surface area contributed by atoms with E-state index in [0.29, 0.717) is 11.3 Å². The lowest BCUT2D eigenvalue weighted by molar-refractivity contribution is 0.229. The van der Waals surface area contributed by atoms with Crippen molar-refractivity contribution in [3.05, 3.63) is 29.1 Å². The van der Waals surface area contributed by atoms with Crippen LogP contribution in [0.1, 0.15) is 17.2 Å². The third-order valence-electron chi connectivity index (χ3n) is 1.91. The molecule has 1 rings (SSSR count). The zero-order valence-electron chi connectivity index (χ0n) is 7.91. The molecule has 3 nitrogen and oxygen atoms in total. The molecule has 0 bridgehead atoms. The van der Waals surface area contributed by atoms with E-state index in [2.05, 4.69) is 0 Å². The molecule has 0 heterocycles. The second kappa shape index (κ2) is 4.07. The summed E-state index contributed by atoms with van der Waals surface area (Å²) in [6, 6.07) is 4.38. The Balaban J connectivity index is 3.28. The fourth-order valence-corrected chi connectivity index (χ4v) is 1.15. The normalized spacial score (nSPS) is 11.9. The van der Waals surface area contributed by atoms with Gasteiger partial charge in [0.2, 0.25) is 0 Å². The van der Waals surface area contributed by atoms with Crippen LogP contribution in [0.2, 0.25) is 0 Å². The van der Waals surface area contributed by atoms with Gasteiger partial charge in [-0.1, -0.05) is 0 Å². The van der Waals surface area contributed by atoms with Crippen LogP contribution >= 0.6 is 0 Å². The van der Waals surface area contributed by atoms with Gasteiger partial charge >= 0.3 is 0 Å². The summed E-state index contributed by atoms with van der Waals surface area (Å²) >= 11 is 0. The van der Waals surface area contributed by atoms with Gasteiger partial charge < -0.3 is 9.84 Å². The Hall–Kier alpha value is -1.60. The maximum absolute atomic E-state index is 13.4. The van der Waals surface area contributed by atoms with Gasteiger partial charge in [0.25, 0.3) is 0 Å². The van der Waals surface area contributed by atoms with Crippen molar-refractivity contribution in [3.63, 3.8) is 0 Å².